The lowest BCUT2D eigenvalue weighted by Crippen LogP contribution is -2.29. The molecule has 0 fully saturated rings. The third-order valence-electron chi connectivity index (χ3n) is 3.69. The summed E-state index contributed by atoms with van der Waals surface area (Å²) in [6, 6.07) is 5.07. The Hall–Kier alpha value is -1.85. The molecule has 0 spiro atoms. The summed E-state index contributed by atoms with van der Waals surface area (Å²) in [6.07, 6.45) is 0.419. The fourth-order valence-electron chi connectivity index (χ4n) is 2.56. The summed E-state index contributed by atoms with van der Waals surface area (Å²) in [7, 11) is -2.95. The number of anilines is 1. The average Bonchev–Trinajstić information content (AvgIpc) is 2.93. The maximum Gasteiger partial charge on any atom is 0.252 e. The highest BCUT2D eigenvalue weighted by atomic mass is 79.9. The molecule has 1 heterocycles. The number of methoxy groups -OCH3 is 2. The van der Waals surface area contributed by atoms with Crippen LogP contribution in [0.1, 0.15) is 6.42 Å². The van der Waals surface area contributed by atoms with Crippen molar-refractivity contribution < 1.29 is 31.8 Å². The lowest BCUT2D eigenvalue weighted by molar-refractivity contribution is 0.355. The predicted octanol–water partition coefficient (Wildman–Crippen LogP) is 4.41. The third kappa shape index (κ3) is 5.83. The third-order valence-corrected chi connectivity index (χ3v) is 6.39. The van der Waals surface area contributed by atoms with Crippen LogP contribution in [-0.4, -0.2) is 47.1 Å². The smallest absolute Gasteiger partial charge is 0.252 e. The van der Waals surface area contributed by atoms with Crippen molar-refractivity contribution in [1.82, 2.24) is 0 Å². The number of para-hydroxylation sites is 1. The predicted molar refractivity (Wildman–Crippen MR) is 119 cm³/mol. The van der Waals surface area contributed by atoms with E-state index in [2.05, 4.69) is 20.7 Å². The summed E-state index contributed by atoms with van der Waals surface area (Å²) in [5, 5.41) is 11.4. The van der Waals surface area contributed by atoms with Gasteiger partial charge in [0.15, 0.2) is 17.3 Å². The van der Waals surface area contributed by atoms with Gasteiger partial charge in [-0.15, -0.1) is 0 Å². The first-order chi connectivity index (χ1) is 13.5. The van der Waals surface area contributed by atoms with Crippen molar-refractivity contribution in [1.29, 1.82) is 0 Å². The van der Waals surface area contributed by atoms with Crippen molar-refractivity contribution >= 4 is 40.2 Å². The van der Waals surface area contributed by atoms with Gasteiger partial charge in [-0.2, -0.15) is 0 Å². The van der Waals surface area contributed by atoms with Gasteiger partial charge in [-0.1, -0.05) is 22.0 Å². The molecule has 0 aliphatic carbocycles. The standard InChI is InChI=1S/C18H26BrNO7SSi/c1-24-13-9-6-8-12(15(13)25-2)16-14(21)17(27-29(3,4)5)18(26-16)20-28(22,23)11-7-10-19/h6,8-9,20-21H,7,10-11H2,1-5H3. The number of alkyl halides is 1. The molecule has 2 rings (SSSR count). The summed E-state index contributed by atoms with van der Waals surface area (Å²) in [6.45, 7) is 5.73. The van der Waals surface area contributed by atoms with Gasteiger partial charge in [-0.05, 0) is 38.2 Å². The molecule has 0 aliphatic rings. The Kier molecular flexibility index (Phi) is 7.52. The fraction of sp³-hybridized carbons (Fsp3) is 0.444. The van der Waals surface area contributed by atoms with Crippen LogP contribution in [-0.2, 0) is 10.0 Å². The monoisotopic (exact) mass is 507 g/mol. The number of rotatable bonds is 10. The minimum absolute atomic E-state index is 0.0205. The molecule has 2 aromatic rings. The van der Waals surface area contributed by atoms with Gasteiger partial charge >= 0.3 is 0 Å². The Morgan fingerprint density at radius 2 is 1.86 bits per heavy atom. The van der Waals surface area contributed by atoms with Crippen LogP contribution in [0.5, 0.6) is 23.0 Å². The number of ether oxygens (including phenoxy) is 2. The highest BCUT2D eigenvalue weighted by Gasteiger charge is 2.31. The highest BCUT2D eigenvalue weighted by Crippen LogP contribution is 2.50. The van der Waals surface area contributed by atoms with Gasteiger partial charge in [0.2, 0.25) is 29.8 Å². The number of halogens is 1. The minimum Gasteiger partial charge on any atom is -0.538 e. The van der Waals surface area contributed by atoms with E-state index < -0.39 is 18.3 Å². The first-order valence-corrected chi connectivity index (χ1v) is 15.0. The molecular weight excluding hydrogens is 482 g/mol. The van der Waals surface area contributed by atoms with Gasteiger partial charge in [0.05, 0.1) is 25.5 Å². The first kappa shape index (κ1) is 23.4. The van der Waals surface area contributed by atoms with Crippen LogP contribution in [0.2, 0.25) is 19.6 Å². The van der Waals surface area contributed by atoms with E-state index in [0.717, 1.165) is 0 Å². The van der Waals surface area contributed by atoms with E-state index in [0.29, 0.717) is 28.8 Å². The summed E-state index contributed by atoms with van der Waals surface area (Å²) < 4.78 is 49.6. The van der Waals surface area contributed by atoms with Crippen LogP contribution in [0.15, 0.2) is 22.6 Å². The Labute approximate surface area is 180 Å². The molecule has 29 heavy (non-hydrogen) atoms. The molecule has 0 saturated carbocycles. The van der Waals surface area contributed by atoms with Crippen molar-refractivity contribution in [3.8, 4) is 34.3 Å². The molecule has 0 radical (unpaired) electrons. The van der Waals surface area contributed by atoms with Gasteiger partial charge in [0.25, 0.3) is 5.88 Å². The number of hydrogen-bond acceptors (Lipinski definition) is 7. The molecule has 1 aromatic carbocycles. The van der Waals surface area contributed by atoms with Crippen LogP contribution >= 0.6 is 15.9 Å². The quantitative estimate of drug-likeness (QED) is 0.362. The van der Waals surface area contributed by atoms with E-state index in [9.17, 15) is 13.5 Å². The van der Waals surface area contributed by atoms with Gasteiger partial charge < -0.3 is 23.4 Å². The van der Waals surface area contributed by atoms with Crippen molar-refractivity contribution in [2.45, 2.75) is 26.1 Å². The van der Waals surface area contributed by atoms with E-state index >= 15 is 0 Å². The zero-order valence-electron chi connectivity index (χ0n) is 17.0. The fourth-order valence-corrected chi connectivity index (χ4v) is 5.06. The van der Waals surface area contributed by atoms with Crippen molar-refractivity contribution in [3.63, 3.8) is 0 Å². The Morgan fingerprint density at radius 1 is 1.17 bits per heavy atom. The molecule has 8 nitrogen and oxygen atoms in total. The minimum atomic E-state index is -3.69. The summed E-state index contributed by atoms with van der Waals surface area (Å²) >= 11 is 3.22. The topological polar surface area (TPSA) is 107 Å². The van der Waals surface area contributed by atoms with E-state index in [4.69, 9.17) is 18.3 Å². The second-order valence-electron chi connectivity index (χ2n) is 7.16. The van der Waals surface area contributed by atoms with Crippen molar-refractivity contribution in [2.75, 3.05) is 30.0 Å². The van der Waals surface area contributed by atoms with Crippen LogP contribution in [0.25, 0.3) is 11.3 Å². The summed E-state index contributed by atoms with van der Waals surface area (Å²) in [4.78, 5) is 0. The molecule has 0 amide bonds. The second kappa shape index (κ2) is 9.31. The molecular formula is C18H26BrNO7SSi. The molecule has 0 aliphatic heterocycles. The zero-order valence-corrected chi connectivity index (χ0v) is 20.4. The Balaban J connectivity index is 2.62. The molecule has 11 heteroatoms. The van der Waals surface area contributed by atoms with Gasteiger partial charge in [0.1, 0.15) is 0 Å². The van der Waals surface area contributed by atoms with Crippen LogP contribution in [0, 0.1) is 0 Å². The molecule has 0 atom stereocenters. The van der Waals surface area contributed by atoms with Crippen molar-refractivity contribution in [3.05, 3.63) is 18.2 Å². The van der Waals surface area contributed by atoms with Gasteiger partial charge in [0, 0.05) is 5.33 Å². The maximum absolute atomic E-state index is 12.4. The molecule has 2 N–H and O–H groups in total. The molecule has 0 saturated heterocycles. The largest absolute Gasteiger partial charge is 0.538 e. The molecule has 0 unspecified atom stereocenters. The Morgan fingerprint density at radius 3 is 2.41 bits per heavy atom. The lowest BCUT2D eigenvalue weighted by atomic mass is 10.1. The first-order valence-electron chi connectivity index (χ1n) is 8.85. The van der Waals surface area contributed by atoms with Crippen LogP contribution in [0.3, 0.4) is 0 Å². The van der Waals surface area contributed by atoms with Crippen LogP contribution in [0.4, 0.5) is 5.88 Å². The van der Waals surface area contributed by atoms with E-state index in [1.54, 1.807) is 18.2 Å². The summed E-state index contributed by atoms with van der Waals surface area (Å²) in [5.74, 6) is 0.180. The normalized spacial score (nSPS) is 11.9. The molecule has 162 valence electrons. The van der Waals surface area contributed by atoms with Crippen LogP contribution < -0.4 is 18.6 Å². The Bertz CT molecular complexity index is 954. The average molecular weight is 508 g/mol. The van der Waals surface area contributed by atoms with Gasteiger partial charge in [-0.3, -0.25) is 0 Å². The van der Waals surface area contributed by atoms with E-state index in [1.165, 1.54) is 14.2 Å². The van der Waals surface area contributed by atoms with E-state index in [1.807, 2.05) is 19.6 Å². The highest BCUT2D eigenvalue weighted by molar-refractivity contribution is 9.09. The molecule has 0 bridgehead atoms. The number of nitrogens with one attached hydrogen (secondary N) is 1. The number of furan rings is 1. The second-order valence-corrected chi connectivity index (χ2v) is 14.2. The SMILES string of the molecule is COc1cccc(-c2oc(NS(=O)(=O)CCCBr)c(O[Si](C)(C)C)c2O)c1OC. The molecule has 1 aromatic heterocycles. The number of sulfonamides is 1. The zero-order chi connectivity index (χ0) is 21.8. The van der Waals surface area contributed by atoms with E-state index in [-0.39, 0.29) is 28.9 Å². The number of benzene rings is 1. The van der Waals surface area contributed by atoms with Crippen molar-refractivity contribution in [2.24, 2.45) is 0 Å². The summed E-state index contributed by atoms with van der Waals surface area (Å²) in [5.41, 5.74) is 0.399. The number of hydrogen-bond donors (Lipinski definition) is 2. The van der Waals surface area contributed by atoms with Gasteiger partial charge in [-0.25, -0.2) is 13.1 Å². The number of aromatic hydroxyl groups is 1. The maximum atomic E-state index is 12.4. The lowest BCUT2D eigenvalue weighted by Gasteiger charge is -2.19.